The topological polar surface area (TPSA) is 85.1 Å². The Hall–Kier alpha value is -3.06. The molecule has 1 N–H and O–H groups in total. The number of carbonyl (C=O) groups excluding carboxylic acids is 1. The van der Waals surface area contributed by atoms with E-state index in [0.29, 0.717) is 12.0 Å². The number of halogens is 1. The minimum absolute atomic E-state index is 0.0392. The number of hydrogen-bond acceptors (Lipinski definition) is 6. The summed E-state index contributed by atoms with van der Waals surface area (Å²) in [7, 11) is 0. The molecule has 0 saturated heterocycles. The van der Waals surface area contributed by atoms with E-state index in [-0.39, 0.29) is 10.9 Å². The number of ketones is 1. The molecule has 4 rings (SSSR count). The van der Waals surface area contributed by atoms with E-state index in [1.54, 1.807) is 6.07 Å². The average Bonchev–Trinajstić information content (AvgIpc) is 3.12. The van der Waals surface area contributed by atoms with Crippen LogP contribution in [0.15, 0.2) is 36.4 Å². The second-order valence-corrected chi connectivity index (χ2v) is 7.66. The lowest BCUT2D eigenvalue weighted by atomic mass is 10.1. The highest BCUT2D eigenvalue weighted by molar-refractivity contribution is 6.32. The van der Waals surface area contributed by atoms with Crippen molar-refractivity contribution in [2.24, 2.45) is 0 Å². The monoisotopic (exact) mass is 422 g/mol. The van der Waals surface area contributed by atoms with Crippen molar-refractivity contribution >= 4 is 39.9 Å². The van der Waals surface area contributed by atoms with Crippen LogP contribution in [-0.4, -0.2) is 36.9 Å². The molecule has 0 atom stereocenters. The lowest BCUT2D eigenvalue weighted by Gasteiger charge is -2.09. The van der Waals surface area contributed by atoms with Crippen LogP contribution in [0.4, 0.5) is 5.82 Å². The highest BCUT2D eigenvalue weighted by Crippen LogP contribution is 2.22. The van der Waals surface area contributed by atoms with Crippen LogP contribution >= 0.6 is 11.6 Å². The first-order chi connectivity index (χ1) is 14.5. The number of nitrogens with zero attached hydrogens (tertiary/aromatic N) is 5. The molecular formula is C22H23ClN6O. The van der Waals surface area contributed by atoms with Gasteiger partial charge in [0.25, 0.3) is 0 Å². The fourth-order valence-electron chi connectivity index (χ4n) is 3.50. The number of rotatable bonds is 8. The highest BCUT2D eigenvalue weighted by atomic mass is 35.5. The van der Waals surface area contributed by atoms with Crippen molar-refractivity contribution in [3.8, 4) is 0 Å². The molecule has 3 aromatic heterocycles. The van der Waals surface area contributed by atoms with E-state index in [4.69, 9.17) is 16.6 Å². The lowest BCUT2D eigenvalue weighted by Crippen LogP contribution is -2.07. The van der Waals surface area contributed by atoms with Gasteiger partial charge in [-0.15, -0.1) is 10.2 Å². The minimum atomic E-state index is 0.0392. The van der Waals surface area contributed by atoms with E-state index in [1.807, 2.05) is 48.6 Å². The molecule has 0 aliphatic rings. The minimum Gasteiger partial charge on any atom is -0.367 e. The number of Topliss-reactive ketones (excluding diaryl/α,β-unsaturated/α-hetero) is 1. The Balaban J connectivity index is 1.32. The van der Waals surface area contributed by atoms with Crippen molar-refractivity contribution in [3.63, 3.8) is 0 Å². The van der Waals surface area contributed by atoms with Crippen LogP contribution in [-0.2, 0) is 0 Å². The molecule has 3 heterocycles. The first kappa shape index (κ1) is 20.2. The van der Waals surface area contributed by atoms with Crippen molar-refractivity contribution in [3.05, 3.63) is 58.6 Å². The number of aryl methyl sites for hydroxylation is 2. The Morgan fingerprint density at radius 1 is 1.03 bits per heavy atom. The fourth-order valence-corrected chi connectivity index (χ4v) is 3.80. The molecule has 8 heteroatoms. The summed E-state index contributed by atoms with van der Waals surface area (Å²) in [6.45, 7) is 4.53. The molecule has 154 valence electrons. The first-order valence-electron chi connectivity index (χ1n) is 10.1. The summed E-state index contributed by atoms with van der Waals surface area (Å²) in [6, 6.07) is 11.5. The molecule has 0 unspecified atom stereocenters. The molecule has 0 saturated carbocycles. The van der Waals surface area contributed by atoms with E-state index < -0.39 is 0 Å². The molecule has 0 amide bonds. The molecule has 0 aliphatic carbocycles. The third-order valence-corrected chi connectivity index (χ3v) is 5.34. The number of fused-ring (bicyclic) bond motifs is 3. The molecule has 0 spiro atoms. The highest BCUT2D eigenvalue weighted by Gasteiger charge is 2.13. The third-order valence-electron chi connectivity index (χ3n) is 5.05. The van der Waals surface area contributed by atoms with Crippen molar-refractivity contribution in [2.75, 3.05) is 11.9 Å². The lowest BCUT2D eigenvalue weighted by molar-refractivity contribution is 0.0979. The van der Waals surface area contributed by atoms with Crippen LogP contribution in [0.25, 0.3) is 16.7 Å². The van der Waals surface area contributed by atoms with Crippen LogP contribution in [0.3, 0.4) is 0 Å². The summed E-state index contributed by atoms with van der Waals surface area (Å²) in [5.41, 5.74) is 3.92. The zero-order valence-corrected chi connectivity index (χ0v) is 17.8. The fraction of sp³-hybridized carbons (Fsp3) is 0.318. The predicted molar refractivity (Wildman–Crippen MR) is 118 cm³/mol. The van der Waals surface area contributed by atoms with Crippen LogP contribution in [0.2, 0.25) is 5.15 Å². The van der Waals surface area contributed by atoms with Crippen LogP contribution in [0.5, 0.6) is 0 Å². The zero-order chi connectivity index (χ0) is 21.1. The largest absolute Gasteiger partial charge is 0.367 e. The maximum atomic E-state index is 12.3. The number of para-hydroxylation sites is 2. The van der Waals surface area contributed by atoms with Crippen molar-refractivity contribution < 1.29 is 4.79 Å². The van der Waals surface area contributed by atoms with Gasteiger partial charge in [-0.3, -0.25) is 9.20 Å². The zero-order valence-electron chi connectivity index (χ0n) is 17.0. The normalized spacial score (nSPS) is 11.3. The van der Waals surface area contributed by atoms with Crippen molar-refractivity contribution in [2.45, 2.75) is 39.5 Å². The quantitative estimate of drug-likeness (QED) is 0.249. The van der Waals surface area contributed by atoms with Gasteiger partial charge < -0.3 is 5.32 Å². The number of aromatic nitrogens is 5. The SMILES string of the molecule is Cc1ccc(C(=O)CCCCCNc2nc3ccccc3n3c(C)nnc23)c(Cl)n1. The number of pyridine rings is 1. The van der Waals surface area contributed by atoms with Gasteiger partial charge in [0, 0.05) is 18.7 Å². The Morgan fingerprint density at radius 2 is 1.87 bits per heavy atom. The Morgan fingerprint density at radius 3 is 2.70 bits per heavy atom. The van der Waals surface area contributed by atoms with Gasteiger partial charge >= 0.3 is 0 Å². The molecule has 0 radical (unpaired) electrons. The molecule has 0 bridgehead atoms. The van der Waals surface area contributed by atoms with Gasteiger partial charge in [0.05, 0.1) is 16.6 Å². The summed E-state index contributed by atoms with van der Waals surface area (Å²) in [4.78, 5) is 21.2. The maximum Gasteiger partial charge on any atom is 0.204 e. The maximum absolute atomic E-state index is 12.3. The van der Waals surface area contributed by atoms with E-state index >= 15 is 0 Å². The Kier molecular flexibility index (Phi) is 5.90. The van der Waals surface area contributed by atoms with Gasteiger partial charge in [0.15, 0.2) is 11.6 Å². The van der Waals surface area contributed by atoms with Gasteiger partial charge in [-0.25, -0.2) is 9.97 Å². The van der Waals surface area contributed by atoms with Crippen LogP contribution in [0.1, 0.15) is 47.6 Å². The number of carbonyl (C=O) groups is 1. The van der Waals surface area contributed by atoms with Gasteiger partial charge in [0.1, 0.15) is 11.0 Å². The summed E-state index contributed by atoms with van der Waals surface area (Å²) in [6.07, 6.45) is 3.10. The Bertz CT molecular complexity index is 1220. The second-order valence-electron chi connectivity index (χ2n) is 7.31. The smallest absolute Gasteiger partial charge is 0.204 e. The molecule has 4 aromatic rings. The third kappa shape index (κ3) is 4.11. The van der Waals surface area contributed by atoms with Crippen molar-refractivity contribution in [1.29, 1.82) is 0 Å². The molecule has 0 fully saturated rings. The van der Waals surface area contributed by atoms with Crippen molar-refractivity contribution in [1.82, 2.24) is 24.6 Å². The summed E-state index contributed by atoms with van der Waals surface area (Å²) in [5.74, 6) is 1.59. The van der Waals surface area contributed by atoms with Crippen LogP contribution in [0, 0.1) is 13.8 Å². The molecule has 0 aliphatic heterocycles. The molecule has 7 nitrogen and oxygen atoms in total. The van der Waals surface area contributed by atoms with Gasteiger partial charge in [-0.2, -0.15) is 0 Å². The number of nitrogens with one attached hydrogen (secondary N) is 1. The van der Waals surface area contributed by atoms with Gasteiger partial charge in [0.2, 0.25) is 5.65 Å². The number of anilines is 1. The van der Waals surface area contributed by atoms with E-state index in [9.17, 15) is 4.79 Å². The Labute approximate surface area is 179 Å². The number of hydrogen-bond donors (Lipinski definition) is 1. The average molecular weight is 423 g/mol. The van der Waals surface area contributed by atoms with E-state index in [0.717, 1.165) is 59.8 Å². The van der Waals surface area contributed by atoms with E-state index in [2.05, 4.69) is 20.5 Å². The van der Waals surface area contributed by atoms with E-state index in [1.165, 1.54) is 0 Å². The molecular weight excluding hydrogens is 400 g/mol. The molecule has 30 heavy (non-hydrogen) atoms. The second kappa shape index (κ2) is 8.75. The summed E-state index contributed by atoms with van der Waals surface area (Å²) >= 11 is 6.08. The number of benzene rings is 1. The predicted octanol–water partition coefficient (Wildman–Crippen LogP) is 4.80. The summed E-state index contributed by atoms with van der Waals surface area (Å²) in [5, 5.41) is 12.2. The first-order valence-corrected chi connectivity index (χ1v) is 10.4. The van der Waals surface area contributed by atoms with Gasteiger partial charge in [-0.05, 0) is 51.0 Å². The summed E-state index contributed by atoms with van der Waals surface area (Å²) < 4.78 is 2.02. The molecule has 1 aromatic carbocycles. The van der Waals surface area contributed by atoms with Gasteiger partial charge in [-0.1, -0.05) is 30.2 Å². The van der Waals surface area contributed by atoms with Crippen LogP contribution < -0.4 is 5.32 Å². The standard InChI is InChI=1S/C22H23ClN6O/c1-14-11-12-16(20(23)25-14)19(30)10-4-3-7-13-24-21-22-28-27-15(2)29(22)18-9-6-5-8-17(18)26-21/h5-6,8-9,11-12H,3-4,7,10,13H2,1-2H3,(H,24,26). The number of unbranched alkanes of at least 4 members (excludes halogenated alkanes) is 2.